The number of benzene rings is 1. The highest BCUT2D eigenvalue weighted by Gasteiger charge is 2.21. The molecule has 2 heterocycles. The zero-order chi connectivity index (χ0) is 18.2. The van der Waals surface area contributed by atoms with Crippen molar-refractivity contribution < 1.29 is 14.3 Å². The summed E-state index contributed by atoms with van der Waals surface area (Å²) in [5.41, 5.74) is 1.28. The highest BCUT2D eigenvalue weighted by atomic mass is 16.6. The molecular weight excluding hydrogens is 330 g/mol. The minimum atomic E-state index is -0.193. The van der Waals surface area contributed by atoms with Gasteiger partial charge < -0.3 is 19.7 Å². The van der Waals surface area contributed by atoms with Crippen molar-refractivity contribution in [3.05, 3.63) is 29.8 Å². The van der Waals surface area contributed by atoms with Gasteiger partial charge in [-0.2, -0.15) is 0 Å². The molecule has 2 saturated heterocycles. The Hall–Kier alpha value is -1.79. The zero-order valence-corrected chi connectivity index (χ0v) is 15.8. The van der Waals surface area contributed by atoms with E-state index in [9.17, 15) is 4.79 Å². The first kappa shape index (κ1) is 19.0. The van der Waals surface area contributed by atoms with E-state index in [1.165, 1.54) is 18.4 Å². The van der Waals surface area contributed by atoms with Crippen LogP contribution in [0.25, 0.3) is 0 Å². The molecule has 6 heteroatoms. The molecular formula is C20H31N3O3. The maximum atomic E-state index is 11.7. The van der Waals surface area contributed by atoms with Gasteiger partial charge in [-0.15, -0.1) is 0 Å². The van der Waals surface area contributed by atoms with Gasteiger partial charge in [0.15, 0.2) is 0 Å². The Morgan fingerprint density at radius 1 is 1.19 bits per heavy atom. The second kappa shape index (κ2) is 9.78. The van der Waals surface area contributed by atoms with Crippen molar-refractivity contribution >= 4 is 6.09 Å². The summed E-state index contributed by atoms with van der Waals surface area (Å²) in [7, 11) is 0. The third-order valence-electron chi connectivity index (χ3n) is 5.11. The van der Waals surface area contributed by atoms with Crippen molar-refractivity contribution in [2.24, 2.45) is 5.92 Å². The van der Waals surface area contributed by atoms with Gasteiger partial charge >= 0.3 is 6.09 Å². The minimum Gasteiger partial charge on any atom is -0.493 e. The van der Waals surface area contributed by atoms with E-state index in [2.05, 4.69) is 34.5 Å². The standard InChI is InChI=1S/C20H31N3O3/c1-2-25-20(24)23-12-10-22(11-13-23)15-17-5-7-19(8-6-17)26-16-18-4-3-9-21-14-18/h5-8,18,21H,2-4,9-16H2,1H3/t18-/m1/s1. The number of hydrogen-bond donors (Lipinski definition) is 1. The van der Waals surface area contributed by atoms with Gasteiger partial charge in [-0.25, -0.2) is 4.79 Å². The van der Waals surface area contributed by atoms with Crippen molar-refractivity contribution in [1.29, 1.82) is 0 Å². The fraction of sp³-hybridized carbons (Fsp3) is 0.650. The number of nitrogens with one attached hydrogen (secondary N) is 1. The van der Waals surface area contributed by atoms with Crippen LogP contribution in [-0.2, 0) is 11.3 Å². The number of ether oxygens (including phenoxy) is 2. The van der Waals surface area contributed by atoms with Crippen LogP contribution in [-0.4, -0.2) is 68.4 Å². The summed E-state index contributed by atoms with van der Waals surface area (Å²) >= 11 is 0. The molecule has 3 rings (SSSR count). The molecule has 0 unspecified atom stereocenters. The van der Waals surface area contributed by atoms with Gasteiger partial charge in [0.05, 0.1) is 13.2 Å². The molecule has 0 aliphatic carbocycles. The fourth-order valence-electron chi connectivity index (χ4n) is 3.53. The van der Waals surface area contributed by atoms with E-state index in [1.54, 1.807) is 4.90 Å². The van der Waals surface area contributed by atoms with Gasteiger partial charge in [-0.3, -0.25) is 4.90 Å². The molecule has 2 aliphatic rings. The second-order valence-electron chi connectivity index (χ2n) is 7.13. The molecule has 0 aromatic heterocycles. The lowest BCUT2D eigenvalue weighted by molar-refractivity contribution is 0.0778. The van der Waals surface area contributed by atoms with Crippen LogP contribution in [0.4, 0.5) is 4.79 Å². The third kappa shape index (κ3) is 5.61. The van der Waals surface area contributed by atoms with Crippen LogP contribution in [0, 0.1) is 5.92 Å². The molecule has 0 saturated carbocycles. The average Bonchev–Trinajstić information content (AvgIpc) is 2.69. The van der Waals surface area contributed by atoms with Crippen LogP contribution < -0.4 is 10.1 Å². The first-order chi connectivity index (χ1) is 12.7. The first-order valence-corrected chi connectivity index (χ1v) is 9.81. The molecule has 144 valence electrons. The summed E-state index contributed by atoms with van der Waals surface area (Å²) in [6, 6.07) is 8.43. The lowest BCUT2D eigenvalue weighted by Gasteiger charge is -2.34. The SMILES string of the molecule is CCOC(=O)N1CCN(Cc2ccc(OC[C@@H]3CCCNC3)cc2)CC1. The van der Waals surface area contributed by atoms with Gasteiger partial charge in [0.2, 0.25) is 0 Å². The number of rotatable bonds is 6. The summed E-state index contributed by atoms with van der Waals surface area (Å²) < 4.78 is 11.0. The van der Waals surface area contributed by atoms with Crippen molar-refractivity contribution in [3.8, 4) is 5.75 Å². The van der Waals surface area contributed by atoms with E-state index in [0.717, 1.165) is 58.2 Å². The lowest BCUT2D eigenvalue weighted by Crippen LogP contribution is -2.48. The minimum absolute atomic E-state index is 0.193. The van der Waals surface area contributed by atoms with Gasteiger partial charge in [-0.1, -0.05) is 12.1 Å². The molecule has 0 spiro atoms. The topological polar surface area (TPSA) is 54.0 Å². The third-order valence-corrected chi connectivity index (χ3v) is 5.11. The number of piperidine rings is 1. The predicted molar refractivity (Wildman–Crippen MR) is 101 cm³/mol. The van der Waals surface area contributed by atoms with E-state index in [1.807, 2.05) is 6.92 Å². The van der Waals surface area contributed by atoms with Gasteiger partial charge in [0.1, 0.15) is 5.75 Å². The van der Waals surface area contributed by atoms with Crippen LogP contribution in [0.15, 0.2) is 24.3 Å². The van der Waals surface area contributed by atoms with Crippen LogP contribution in [0.3, 0.4) is 0 Å². The molecule has 1 atom stereocenters. The number of amides is 1. The Morgan fingerprint density at radius 3 is 2.62 bits per heavy atom. The van der Waals surface area contributed by atoms with E-state index < -0.39 is 0 Å². The zero-order valence-electron chi connectivity index (χ0n) is 15.8. The van der Waals surface area contributed by atoms with Gasteiger partial charge in [0, 0.05) is 45.2 Å². The maximum Gasteiger partial charge on any atom is 0.409 e. The maximum absolute atomic E-state index is 11.7. The van der Waals surface area contributed by atoms with E-state index in [4.69, 9.17) is 9.47 Å². The highest BCUT2D eigenvalue weighted by Crippen LogP contribution is 2.17. The summed E-state index contributed by atoms with van der Waals surface area (Å²) in [6.07, 6.45) is 2.31. The largest absolute Gasteiger partial charge is 0.493 e. The van der Waals surface area contributed by atoms with Crippen molar-refractivity contribution in [3.63, 3.8) is 0 Å². The fourth-order valence-corrected chi connectivity index (χ4v) is 3.53. The molecule has 1 N–H and O–H groups in total. The molecule has 2 aliphatic heterocycles. The Labute approximate surface area is 156 Å². The Kier molecular flexibility index (Phi) is 7.14. The van der Waals surface area contributed by atoms with Crippen LogP contribution >= 0.6 is 0 Å². The summed E-state index contributed by atoms with van der Waals surface area (Å²) in [6.45, 7) is 9.40. The molecule has 1 amide bonds. The molecule has 0 radical (unpaired) electrons. The van der Waals surface area contributed by atoms with Crippen LogP contribution in [0.5, 0.6) is 5.75 Å². The van der Waals surface area contributed by atoms with Gasteiger partial charge in [0.25, 0.3) is 0 Å². The number of piperazine rings is 1. The molecule has 1 aromatic rings. The van der Waals surface area contributed by atoms with Crippen molar-refractivity contribution in [2.75, 3.05) is 52.5 Å². The number of hydrogen-bond acceptors (Lipinski definition) is 5. The van der Waals surface area contributed by atoms with Crippen LogP contribution in [0.2, 0.25) is 0 Å². The molecule has 1 aromatic carbocycles. The Balaban J connectivity index is 1.39. The molecule has 26 heavy (non-hydrogen) atoms. The monoisotopic (exact) mass is 361 g/mol. The Morgan fingerprint density at radius 2 is 1.96 bits per heavy atom. The summed E-state index contributed by atoms with van der Waals surface area (Å²) in [5.74, 6) is 1.57. The molecule has 0 bridgehead atoms. The quantitative estimate of drug-likeness (QED) is 0.843. The lowest BCUT2D eigenvalue weighted by atomic mass is 10.0. The first-order valence-electron chi connectivity index (χ1n) is 9.81. The molecule has 2 fully saturated rings. The van der Waals surface area contributed by atoms with E-state index in [-0.39, 0.29) is 6.09 Å². The Bertz CT molecular complexity index is 550. The van der Waals surface area contributed by atoms with Gasteiger partial charge in [-0.05, 0) is 44.0 Å². The highest BCUT2D eigenvalue weighted by molar-refractivity contribution is 5.67. The van der Waals surface area contributed by atoms with E-state index >= 15 is 0 Å². The average molecular weight is 361 g/mol. The molecule has 6 nitrogen and oxygen atoms in total. The summed E-state index contributed by atoms with van der Waals surface area (Å²) in [4.78, 5) is 15.9. The summed E-state index contributed by atoms with van der Waals surface area (Å²) in [5, 5.41) is 3.42. The number of carbonyl (C=O) groups is 1. The smallest absolute Gasteiger partial charge is 0.409 e. The van der Waals surface area contributed by atoms with Crippen LogP contribution in [0.1, 0.15) is 25.3 Å². The van der Waals surface area contributed by atoms with Crippen molar-refractivity contribution in [1.82, 2.24) is 15.1 Å². The normalized spacial score (nSPS) is 21.4. The predicted octanol–water partition coefficient (Wildman–Crippen LogP) is 2.34. The second-order valence-corrected chi connectivity index (χ2v) is 7.13. The van der Waals surface area contributed by atoms with Crippen molar-refractivity contribution in [2.45, 2.75) is 26.3 Å². The number of nitrogens with zero attached hydrogens (tertiary/aromatic N) is 2. The van der Waals surface area contributed by atoms with E-state index in [0.29, 0.717) is 12.5 Å². The number of carbonyl (C=O) groups excluding carboxylic acids is 1.